The lowest BCUT2D eigenvalue weighted by Gasteiger charge is -2.07. The van der Waals surface area contributed by atoms with Crippen molar-refractivity contribution in [1.82, 2.24) is 5.32 Å². The van der Waals surface area contributed by atoms with Crippen LogP contribution in [0.3, 0.4) is 0 Å². The van der Waals surface area contributed by atoms with Gasteiger partial charge in [-0.2, -0.15) is 0 Å². The van der Waals surface area contributed by atoms with E-state index in [1.165, 1.54) is 11.1 Å². The van der Waals surface area contributed by atoms with Gasteiger partial charge in [0.1, 0.15) is 0 Å². The summed E-state index contributed by atoms with van der Waals surface area (Å²) in [6.45, 7) is 5.14. The number of benzene rings is 1. The molecule has 0 aromatic heterocycles. The largest absolute Gasteiger partial charge is 0.315 e. The Bertz CT molecular complexity index is 440. The quantitative estimate of drug-likeness (QED) is 0.752. The van der Waals surface area contributed by atoms with Gasteiger partial charge in [0.25, 0.3) is 0 Å². The molecule has 0 aliphatic rings. The molecule has 1 rings (SSSR count). The van der Waals surface area contributed by atoms with Gasteiger partial charge >= 0.3 is 0 Å². The molecule has 0 atom stereocenters. The van der Waals surface area contributed by atoms with E-state index < -0.39 is 9.84 Å². The zero-order chi connectivity index (χ0) is 12.7. The van der Waals surface area contributed by atoms with E-state index in [2.05, 4.69) is 24.4 Å². The number of sulfone groups is 1. The van der Waals surface area contributed by atoms with Gasteiger partial charge in [0, 0.05) is 12.3 Å². The lowest BCUT2D eigenvalue weighted by atomic mass is 10.1. The van der Waals surface area contributed by atoms with Crippen molar-refractivity contribution in [2.75, 3.05) is 24.6 Å². The van der Waals surface area contributed by atoms with Crippen molar-refractivity contribution in [2.24, 2.45) is 0 Å². The molecule has 1 aromatic rings. The normalized spacial score (nSPS) is 11.6. The molecule has 4 heteroatoms. The Hall–Kier alpha value is -0.870. The molecule has 1 aromatic carbocycles. The molecule has 0 heterocycles. The summed E-state index contributed by atoms with van der Waals surface area (Å²) >= 11 is 0. The fourth-order valence-electron chi connectivity index (χ4n) is 1.61. The van der Waals surface area contributed by atoms with Gasteiger partial charge in [0.2, 0.25) is 0 Å². The summed E-state index contributed by atoms with van der Waals surface area (Å²) in [4.78, 5) is 0. The van der Waals surface area contributed by atoms with Crippen molar-refractivity contribution in [3.8, 4) is 0 Å². The molecule has 17 heavy (non-hydrogen) atoms. The second-order valence-corrected chi connectivity index (χ2v) is 6.64. The monoisotopic (exact) mass is 255 g/mol. The Kier molecular flexibility index (Phi) is 5.65. The zero-order valence-electron chi connectivity index (χ0n) is 10.6. The first kappa shape index (κ1) is 14.2. The average molecular weight is 255 g/mol. The molecule has 3 nitrogen and oxygen atoms in total. The highest BCUT2D eigenvalue weighted by Gasteiger charge is 2.05. The van der Waals surface area contributed by atoms with E-state index in [-0.39, 0.29) is 11.5 Å². The van der Waals surface area contributed by atoms with E-state index in [0.29, 0.717) is 6.54 Å². The number of rotatable bonds is 7. The zero-order valence-corrected chi connectivity index (χ0v) is 11.4. The third kappa shape index (κ3) is 5.33. The van der Waals surface area contributed by atoms with Crippen molar-refractivity contribution >= 4 is 9.84 Å². The van der Waals surface area contributed by atoms with Crippen LogP contribution in [-0.2, 0) is 16.3 Å². The highest BCUT2D eigenvalue weighted by molar-refractivity contribution is 7.91. The lowest BCUT2D eigenvalue weighted by Crippen LogP contribution is -2.25. The number of aryl methyl sites for hydroxylation is 1. The molecule has 0 aliphatic carbocycles. The van der Waals surface area contributed by atoms with Crippen LogP contribution in [0, 0.1) is 6.92 Å². The van der Waals surface area contributed by atoms with Crippen LogP contribution >= 0.6 is 0 Å². The first-order chi connectivity index (χ1) is 8.05. The Morgan fingerprint density at radius 2 is 1.88 bits per heavy atom. The Labute approximate surface area is 104 Å². The molecule has 0 radical (unpaired) electrons. The minimum Gasteiger partial charge on any atom is -0.315 e. The SMILES string of the molecule is CCS(=O)(=O)CCNCCc1ccccc1C. The predicted molar refractivity (Wildman–Crippen MR) is 72.1 cm³/mol. The van der Waals surface area contributed by atoms with Gasteiger partial charge in [0.05, 0.1) is 5.75 Å². The molecular formula is C13H21NO2S. The number of nitrogens with one attached hydrogen (secondary N) is 1. The van der Waals surface area contributed by atoms with E-state index in [1.54, 1.807) is 6.92 Å². The summed E-state index contributed by atoms with van der Waals surface area (Å²) in [5, 5.41) is 3.17. The molecule has 1 N–H and O–H groups in total. The third-order valence-corrected chi connectivity index (χ3v) is 4.57. The average Bonchev–Trinajstić information content (AvgIpc) is 2.31. The summed E-state index contributed by atoms with van der Waals surface area (Å²) in [6, 6.07) is 8.26. The molecule has 0 spiro atoms. The second-order valence-electron chi connectivity index (χ2n) is 4.16. The van der Waals surface area contributed by atoms with Crippen LogP contribution < -0.4 is 5.32 Å². The maximum absolute atomic E-state index is 11.2. The van der Waals surface area contributed by atoms with E-state index in [4.69, 9.17) is 0 Å². The van der Waals surface area contributed by atoms with E-state index in [1.807, 2.05) is 12.1 Å². The number of hydrogen-bond donors (Lipinski definition) is 1. The van der Waals surface area contributed by atoms with Crippen molar-refractivity contribution < 1.29 is 8.42 Å². The fraction of sp³-hybridized carbons (Fsp3) is 0.538. The Balaban J connectivity index is 2.24. The molecule has 0 fully saturated rings. The van der Waals surface area contributed by atoms with Crippen molar-refractivity contribution in [3.05, 3.63) is 35.4 Å². The van der Waals surface area contributed by atoms with Gasteiger partial charge < -0.3 is 5.32 Å². The smallest absolute Gasteiger partial charge is 0.151 e. The lowest BCUT2D eigenvalue weighted by molar-refractivity contribution is 0.592. The molecule has 0 amide bonds. The number of hydrogen-bond acceptors (Lipinski definition) is 3. The van der Waals surface area contributed by atoms with Gasteiger partial charge in [-0.3, -0.25) is 0 Å². The highest BCUT2D eigenvalue weighted by atomic mass is 32.2. The van der Waals surface area contributed by atoms with Crippen LogP contribution in [-0.4, -0.2) is 33.0 Å². The van der Waals surface area contributed by atoms with Gasteiger partial charge in [-0.25, -0.2) is 8.42 Å². The molecule has 0 bridgehead atoms. The maximum atomic E-state index is 11.2. The molecular weight excluding hydrogens is 234 g/mol. The molecule has 0 saturated carbocycles. The molecule has 0 saturated heterocycles. The predicted octanol–water partition coefficient (Wildman–Crippen LogP) is 1.56. The van der Waals surface area contributed by atoms with E-state index in [0.717, 1.165) is 13.0 Å². The van der Waals surface area contributed by atoms with Gasteiger partial charge in [-0.05, 0) is 31.0 Å². The van der Waals surface area contributed by atoms with Crippen LogP contribution in [0.1, 0.15) is 18.1 Å². The minimum absolute atomic E-state index is 0.229. The summed E-state index contributed by atoms with van der Waals surface area (Å²) in [5.41, 5.74) is 2.61. The fourth-order valence-corrected chi connectivity index (χ4v) is 2.35. The van der Waals surface area contributed by atoms with E-state index in [9.17, 15) is 8.42 Å². The van der Waals surface area contributed by atoms with Gasteiger partial charge in [-0.1, -0.05) is 31.2 Å². The Morgan fingerprint density at radius 3 is 2.53 bits per heavy atom. The van der Waals surface area contributed by atoms with Gasteiger partial charge in [-0.15, -0.1) is 0 Å². The van der Waals surface area contributed by atoms with Crippen LogP contribution in [0.15, 0.2) is 24.3 Å². The molecule has 0 unspecified atom stereocenters. The summed E-state index contributed by atoms with van der Waals surface area (Å²) in [6.07, 6.45) is 0.943. The van der Waals surface area contributed by atoms with Crippen molar-refractivity contribution in [1.29, 1.82) is 0 Å². The topological polar surface area (TPSA) is 46.2 Å². The van der Waals surface area contributed by atoms with Crippen molar-refractivity contribution in [3.63, 3.8) is 0 Å². The van der Waals surface area contributed by atoms with Crippen LogP contribution in [0.4, 0.5) is 0 Å². The summed E-state index contributed by atoms with van der Waals surface area (Å²) in [7, 11) is -2.84. The van der Waals surface area contributed by atoms with E-state index >= 15 is 0 Å². The standard InChI is InChI=1S/C13H21NO2S/c1-3-17(15,16)11-10-14-9-8-13-7-5-4-6-12(13)2/h4-7,14H,3,8-11H2,1-2H3. The maximum Gasteiger partial charge on any atom is 0.151 e. The second kappa shape index (κ2) is 6.77. The van der Waals surface area contributed by atoms with Crippen LogP contribution in [0.25, 0.3) is 0 Å². The Morgan fingerprint density at radius 1 is 1.18 bits per heavy atom. The highest BCUT2D eigenvalue weighted by Crippen LogP contribution is 2.06. The third-order valence-electron chi connectivity index (χ3n) is 2.86. The van der Waals surface area contributed by atoms with Crippen LogP contribution in [0.2, 0.25) is 0 Å². The van der Waals surface area contributed by atoms with Crippen molar-refractivity contribution in [2.45, 2.75) is 20.3 Å². The minimum atomic E-state index is -2.84. The first-order valence-corrected chi connectivity index (χ1v) is 7.83. The van der Waals surface area contributed by atoms with Crippen LogP contribution in [0.5, 0.6) is 0 Å². The summed E-state index contributed by atoms with van der Waals surface area (Å²) in [5.74, 6) is 0.462. The van der Waals surface area contributed by atoms with Gasteiger partial charge in [0.15, 0.2) is 9.84 Å². The first-order valence-electron chi connectivity index (χ1n) is 6.01. The molecule has 0 aliphatic heterocycles. The molecule has 96 valence electrons. The summed E-state index contributed by atoms with van der Waals surface area (Å²) < 4.78 is 22.5.